The average molecular weight is 470 g/mol. The summed E-state index contributed by atoms with van der Waals surface area (Å²) in [5, 5.41) is 8.49. The van der Waals surface area contributed by atoms with Gasteiger partial charge < -0.3 is 20.7 Å². The Morgan fingerprint density at radius 2 is 1.59 bits per heavy atom. The lowest BCUT2D eigenvalue weighted by Gasteiger charge is -2.60. The predicted octanol–water partition coefficient (Wildman–Crippen LogP) is 2.68. The summed E-state index contributed by atoms with van der Waals surface area (Å²) in [5.74, 6) is -0.491. The highest BCUT2D eigenvalue weighted by Crippen LogP contribution is 2.62. The number of nitrogens with one attached hydrogen (secondary N) is 3. The molecule has 4 saturated carbocycles. The van der Waals surface area contributed by atoms with Crippen molar-refractivity contribution in [1.29, 1.82) is 0 Å². The number of benzene rings is 1. The van der Waals surface area contributed by atoms with Crippen LogP contribution in [0.4, 0.5) is 5.69 Å². The molecule has 8 heteroatoms. The summed E-state index contributed by atoms with van der Waals surface area (Å²) in [5.41, 5.74) is 2.81. The van der Waals surface area contributed by atoms with Gasteiger partial charge in [-0.1, -0.05) is 17.7 Å². The van der Waals surface area contributed by atoms with Crippen LogP contribution in [0.2, 0.25) is 0 Å². The minimum atomic E-state index is -0.634. The van der Waals surface area contributed by atoms with Gasteiger partial charge in [0.25, 0.3) is 5.91 Å². The molecule has 0 saturated heterocycles. The summed E-state index contributed by atoms with van der Waals surface area (Å²) < 4.78 is 5.45. The van der Waals surface area contributed by atoms with Crippen LogP contribution < -0.4 is 16.0 Å². The second-order valence-electron chi connectivity index (χ2n) is 10.9. The van der Waals surface area contributed by atoms with Crippen molar-refractivity contribution in [3.8, 4) is 0 Å². The van der Waals surface area contributed by atoms with Crippen LogP contribution >= 0.6 is 0 Å². The number of esters is 1. The van der Waals surface area contributed by atoms with Gasteiger partial charge in [-0.05, 0) is 82.3 Å². The van der Waals surface area contributed by atoms with Gasteiger partial charge in [-0.25, -0.2) is 0 Å². The van der Waals surface area contributed by atoms with Crippen LogP contribution in [0.25, 0.3) is 0 Å². The third kappa shape index (κ3) is 4.95. The Bertz CT molecular complexity index is 996. The standard InChI is InChI=1S/C26H35N3O5/c1-15-5-16(2)23(17(3)6-15)28-21(31)12-27-22(32)13-34-24(33)25-8-19-7-20(9-25)11-26(10-19,14-25)29-18(4)30/h5-6,19-20H,7-14H2,1-4H3,(H,27,32)(H,28,31)(H,29,30)/t19-,20-,25?,26?/m0/s1. The van der Waals surface area contributed by atoms with E-state index in [0.29, 0.717) is 18.3 Å². The second-order valence-corrected chi connectivity index (χ2v) is 10.9. The molecular formula is C26H35N3O5. The topological polar surface area (TPSA) is 114 Å². The minimum Gasteiger partial charge on any atom is -0.455 e. The molecular weight excluding hydrogens is 434 g/mol. The number of rotatable bonds is 7. The molecule has 0 aliphatic heterocycles. The first-order valence-corrected chi connectivity index (χ1v) is 12.1. The quantitative estimate of drug-likeness (QED) is 0.532. The Morgan fingerprint density at radius 3 is 2.18 bits per heavy atom. The summed E-state index contributed by atoms with van der Waals surface area (Å²) in [6, 6.07) is 3.97. The van der Waals surface area contributed by atoms with Crippen molar-refractivity contribution in [1.82, 2.24) is 10.6 Å². The van der Waals surface area contributed by atoms with Crippen molar-refractivity contribution < 1.29 is 23.9 Å². The molecule has 4 bridgehead atoms. The van der Waals surface area contributed by atoms with E-state index in [1.54, 1.807) is 0 Å². The van der Waals surface area contributed by atoms with Gasteiger partial charge in [0.05, 0.1) is 12.0 Å². The maximum absolute atomic E-state index is 13.1. The van der Waals surface area contributed by atoms with Gasteiger partial charge in [0.1, 0.15) is 0 Å². The zero-order valence-electron chi connectivity index (χ0n) is 20.5. The lowest BCUT2D eigenvalue weighted by Crippen LogP contribution is -2.64. The highest BCUT2D eigenvalue weighted by atomic mass is 16.5. The molecule has 4 aliphatic carbocycles. The van der Waals surface area contributed by atoms with Crippen LogP contribution in [0.15, 0.2) is 12.1 Å². The predicted molar refractivity (Wildman–Crippen MR) is 127 cm³/mol. The summed E-state index contributed by atoms with van der Waals surface area (Å²) >= 11 is 0. The summed E-state index contributed by atoms with van der Waals surface area (Å²) in [6.07, 6.45) is 4.99. The number of anilines is 1. The Kier molecular flexibility index (Phi) is 6.44. The first-order valence-electron chi connectivity index (χ1n) is 12.1. The average Bonchev–Trinajstić information content (AvgIpc) is 2.71. The van der Waals surface area contributed by atoms with Gasteiger partial charge in [-0.15, -0.1) is 0 Å². The smallest absolute Gasteiger partial charge is 0.312 e. The van der Waals surface area contributed by atoms with Crippen LogP contribution in [-0.2, 0) is 23.9 Å². The molecule has 2 atom stereocenters. The minimum absolute atomic E-state index is 0.0702. The van der Waals surface area contributed by atoms with E-state index in [0.717, 1.165) is 54.5 Å². The molecule has 5 rings (SSSR count). The lowest BCUT2D eigenvalue weighted by atomic mass is 9.47. The van der Waals surface area contributed by atoms with Crippen molar-refractivity contribution in [2.45, 2.75) is 71.8 Å². The SMILES string of the molecule is CC(=O)NC12C[C@H]3C[C@H](C1)CC(C(=O)OCC(=O)NCC(=O)Nc1c(C)cc(C)cc1C)(C3)C2. The number of amides is 3. The summed E-state index contributed by atoms with van der Waals surface area (Å²) in [4.78, 5) is 49.5. The Morgan fingerprint density at radius 1 is 0.971 bits per heavy atom. The van der Waals surface area contributed by atoms with E-state index in [1.165, 1.54) is 6.92 Å². The third-order valence-electron chi connectivity index (χ3n) is 7.66. The molecule has 34 heavy (non-hydrogen) atoms. The van der Waals surface area contributed by atoms with Crippen molar-refractivity contribution >= 4 is 29.4 Å². The van der Waals surface area contributed by atoms with Crippen LogP contribution in [0.5, 0.6) is 0 Å². The van der Waals surface area contributed by atoms with E-state index in [9.17, 15) is 19.2 Å². The number of aryl methyl sites for hydroxylation is 3. The van der Waals surface area contributed by atoms with Crippen molar-refractivity contribution in [2.75, 3.05) is 18.5 Å². The molecule has 1 aromatic rings. The lowest BCUT2D eigenvalue weighted by molar-refractivity contribution is -0.177. The Balaban J connectivity index is 1.28. The van der Waals surface area contributed by atoms with Crippen molar-refractivity contribution in [2.24, 2.45) is 17.3 Å². The van der Waals surface area contributed by atoms with Gasteiger partial charge in [-0.2, -0.15) is 0 Å². The van der Waals surface area contributed by atoms with Crippen LogP contribution in [0.1, 0.15) is 62.1 Å². The van der Waals surface area contributed by atoms with E-state index in [1.807, 2.05) is 32.9 Å². The molecule has 0 heterocycles. The van der Waals surface area contributed by atoms with E-state index >= 15 is 0 Å². The number of hydrogen-bond acceptors (Lipinski definition) is 5. The van der Waals surface area contributed by atoms with Gasteiger partial charge in [0.2, 0.25) is 11.8 Å². The third-order valence-corrected chi connectivity index (χ3v) is 7.66. The van der Waals surface area contributed by atoms with Gasteiger partial charge in [0, 0.05) is 18.2 Å². The molecule has 8 nitrogen and oxygen atoms in total. The maximum atomic E-state index is 13.1. The molecule has 4 aliphatic rings. The zero-order valence-corrected chi connectivity index (χ0v) is 20.5. The number of ether oxygens (including phenoxy) is 1. The van der Waals surface area contributed by atoms with E-state index in [-0.39, 0.29) is 29.9 Å². The molecule has 0 radical (unpaired) electrons. The molecule has 184 valence electrons. The molecule has 3 amide bonds. The number of carbonyl (C=O) groups excluding carboxylic acids is 4. The molecule has 0 unspecified atom stereocenters. The second kappa shape index (κ2) is 9.04. The van der Waals surface area contributed by atoms with E-state index in [4.69, 9.17) is 4.74 Å². The van der Waals surface area contributed by atoms with Gasteiger partial charge in [-0.3, -0.25) is 19.2 Å². The molecule has 0 aromatic heterocycles. The fourth-order valence-corrected chi connectivity index (χ4v) is 7.10. The van der Waals surface area contributed by atoms with E-state index in [2.05, 4.69) is 16.0 Å². The Hall–Kier alpha value is -2.90. The highest BCUT2D eigenvalue weighted by Gasteiger charge is 2.61. The molecule has 4 fully saturated rings. The summed E-state index contributed by atoms with van der Waals surface area (Å²) in [6.45, 7) is 6.74. The van der Waals surface area contributed by atoms with Crippen LogP contribution in [0, 0.1) is 38.0 Å². The van der Waals surface area contributed by atoms with Gasteiger partial charge >= 0.3 is 5.97 Å². The first kappa shape index (κ1) is 24.2. The van der Waals surface area contributed by atoms with Crippen molar-refractivity contribution in [3.63, 3.8) is 0 Å². The first-order chi connectivity index (χ1) is 16.0. The van der Waals surface area contributed by atoms with Crippen LogP contribution in [0.3, 0.4) is 0 Å². The normalized spacial score (nSPS) is 28.8. The fraction of sp³-hybridized carbons (Fsp3) is 0.615. The fourth-order valence-electron chi connectivity index (χ4n) is 7.10. The van der Waals surface area contributed by atoms with Crippen LogP contribution in [-0.4, -0.2) is 42.4 Å². The summed E-state index contributed by atoms with van der Waals surface area (Å²) in [7, 11) is 0. The zero-order chi connectivity index (χ0) is 24.7. The Labute approximate surface area is 200 Å². The maximum Gasteiger partial charge on any atom is 0.312 e. The molecule has 3 N–H and O–H groups in total. The monoisotopic (exact) mass is 469 g/mol. The van der Waals surface area contributed by atoms with Gasteiger partial charge in [0.15, 0.2) is 6.61 Å². The number of carbonyl (C=O) groups is 4. The largest absolute Gasteiger partial charge is 0.455 e. The molecule has 0 spiro atoms. The molecule has 1 aromatic carbocycles. The number of hydrogen-bond donors (Lipinski definition) is 3. The van der Waals surface area contributed by atoms with E-state index < -0.39 is 17.9 Å². The van der Waals surface area contributed by atoms with Crippen molar-refractivity contribution in [3.05, 3.63) is 28.8 Å². The highest BCUT2D eigenvalue weighted by molar-refractivity contribution is 5.96.